The van der Waals surface area contributed by atoms with E-state index in [0.29, 0.717) is 43.7 Å². The fraction of sp³-hybridized carbons (Fsp3) is 0.438. The van der Waals surface area contributed by atoms with E-state index in [1.54, 1.807) is 12.1 Å². The van der Waals surface area contributed by atoms with Crippen LogP contribution in [0.3, 0.4) is 0 Å². The summed E-state index contributed by atoms with van der Waals surface area (Å²) in [5.41, 5.74) is 12.3. The van der Waals surface area contributed by atoms with E-state index in [-0.39, 0.29) is 42.6 Å². The van der Waals surface area contributed by atoms with Crippen LogP contribution in [-0.4, -0.2) is 58.6 Å². The molecule has 2 aliphatic rings. The number of aliphatic hydroxyl groups is 1. The molecule has 4 aromatic rings. The first-order valence-corrected chi connectivity index (χ1v) is 21.0. The van der Waals surface area contributed by atoms with E-state index in [4.69, 9.17) is 19.9 Å². The van der Waals surface area contributed by atoms with Crippen LogP contribution in [0.1, 0.15) is 113 Å². The summed E-state index contributed by atoms with van der Waals surface area (Å²) in [6, 6.07) is 31.0. The van der Waals surface area contributed by atoms with Gasteiger partial charge in [-0.25, -0.2) is 0 Å². The molecule has 4 aromatic carbocycles. The predicted molar refractivity (Wildman–Crippen MR) is 230 cm³/mol. The molecule has 314 valence electrons. The van der Waals surface area contributed by atoms with Crippen LogP contribution in [0, 0.1) is 0 Å². The molecule has 11 heteroatoms. The Kier molecular flexibility index (Phi) is 15.3. The second-order valence-corrected chi connectivity index (χ2v) is 16.6. The molecule has 2 saturated heterocycles. The maximum absolute atomic E-state index is 13.1. The first kappa shape index (κ1) is 43.5. The number of nitrogens with zero attached hydrogens (tertiary/aromatic N) is 1. The highest BCUT2D eigenvalue weighted by Gasteiger charge is 2.39. The number of hydrogen-bond acceptors (Lipinski definition) is 9. The van der Waals surface area contributed by atoms with E-state index < -0.39 is 11.9 Å². The van der Waals surface area contributed by atoms with Crippen LogP contribution < -0.4 is 16.4 Å². The molecule has 6 rings (SSSR count). The van der Waals surface area contributed by atoms with Gasteiger partial charge in [-0.3, -0.25) is 19.3 Å². The lowest BCUT2D eigenvalue weighted by molar-refractivity contribution is -0.253. The molecule has 0 aromatic heterocycles. The maximum Gasteiger partial charge on any atom is 0.323 e. The summed E-state index contributed by atoms with van der Waals surface area (Å²) in [5.74, 6) is -0.246. The average Bonchev–Trinajstić information content (AvgIpc) is 3.70. The van der Waals surface area contributed by atoms with E-state index in [1.807, 2.05) is 87.5 Å². The Morgan fingerprint density at radius 1 is 0.831 bits per heavy atom. The van der Waals surface area contributed by atoms with E-state index in [9.17, 15) is 19.5 Å². The minimum atomic E-state index is -0.631. The van der Waals surface area contributed by atoms with Gasteiger partial charge in [-0.05, 0) is 92.9 Å². The first-order chi connectivity index (χ1) is 28.5. The second kappa shape index (κ2) is 20.8. The molecule has 4 atom stereocenters. The van der Waals surface area contributed by atoms with E-state index >= 15 is 0 Å². The van der Waals surface area contributed by atoms with Gasteiger partial charge < -0.3 is 35.7 Å². The fourth-order valence-electron chi connectivity index (χ4n) is 7.78. The van der Waals surface area contributed by atoms with Crippen LogP contribution in [-0.2, 0) is 41.7 Å². The summed E-state index contributed by atoms with van der Waals surface area (Å²) in [7, 11) is 0. The Bertz CT molecular complexity index is 2000. The first-order valence-electron chi connectivity index (χ1n) is 21.0. The quantitative estimate of drug-likeness (QED) is 0.0469. The van der Waals surface area contributed by atoms with Gasteiger partial charge in [0.1, 0.15) is 11.6 Å². The predicted octanol–water partition coefficient (Wildman–Crippen LogP) is 8.38. The minimum absolute atomic E-state index is 0.000461. The molecule has 2 amide bonds. The van der Waals surface area contributed by atoms with Gasteiger partial charge >= 0.3 is 5.97 Å². The van der Waals surface area contributed by atoms with Crippen molar-refractivity contribution < 1.29 is 33.7 Å². The van der Waals surface area contributed by atoms with Crippen molar-refractivity contribution in [3.8, 4) is 11.1 Å². The molecule has 0 saturated carbocycles. The van der Waals surface area contributed by atoms with Gasteiger partial charge in [-0.1, -0.05) is 97.8 Å². The third kappa shape index (κ3) is 12.7. The smallest absolute Gasteiger partial charge is 0.323 e. The number of carbonyl (C=O) groups excluding carboxylic acids is 3. The SMILES string of the molecule is CC(C)(C)OC(=O)C1CCCN1CC1CC(c2ccc(CO)cc2)OC(c2ccc(-c3ccccc3CNC(=O)CCCCCCC(=O)Nc3ccccc3N)cc2)O1. The number of para-hydroxylation sites is 2. The number of rotatable bonds is 17. The van der Waals surface area contributed by atoms with E-state index in [2.05, 4.69) is 33.7 Å². The Hall–Kier alpha value is -5.07. The number of hydrogen-bond donors (Lipinski definition) is 4. The van der Waals surface area contributed by atoms with Gasteiger partial charge in [0.15, 0.2) is 6.29 Å². The molecular formula is C48H60N4O7. The van der Waals surface area contributed by atoms with Crippen LogP contribution in [0.25, 0.3) is 11.1 Å². The molecule has 2 heterocycles. The lowest BCUT2D eigenvalue weighted by atomic mass is 9.97. The number of carbonyl (C=O) groups is 3. The van der Waals surface area contributed by atoms with E-state index in [1.165, 1.54) is 0 Å². The molecule has 0 radical (unpaired) electrons. The van der Waals surface area contributed by atoms with Crippen molar-refractivity contribution in [2.75, 3.05) is 24.1 Å². The highest BCUT2D eigenvalue weighted by atomic mass is 16.7. The van der Waals surface area contributed by atoms with Gasteiger partial charge in [0, 0.05) is 37.9 Å². The van der Waals surface area contributed by atoms with Crippen molar-refractivity contribution in [3.05, 3.63) is 119 Å². The summed E-state index contributed by atoms with van der Waals surface area (Å²) in [4.78, 5) is 40.4. The van der Waals surface area contributed by atoms with Crippen molar-refractivity contribution in [3.63, 3.8) is 0 Å². The number of nitrogens with one attached hydrogen (secondary N) is 2. The summed E-state index contributed by atoms with van der Waals surface area (Å²) >= 11 is 0. The number of aliphatic hydroxyl groups excluding tert-OH is 1. The van der Waals surface area contributed by atoms with Crippen molar-refractivity contribution in [2.24, 2.45) is 0 Å². The lowest BCUT2D eigenvalue weighted by Crippen LogP contribution is -2.45. The van der Waals surface area contributed by atoms with Gasteiger partial charge in [-0.15, -0.1) is 0 Å². The number of nitrogen functional groups attached to an aromatic ring is 1. The number of esters is 1. The normalized spacial score (nSPS) is 19.6. The largest absolute Gasteiger partial charge is 0.459 e. The third-order valence-electron chi connectivity index (χ3n) is 10.9. The molecule has 0 bridgehead atoms. The topological polar surface area (TPSA) is 152 Å². The van der Waals surface area contributed by atoms with Gasteiger partial charge in [0.25, 0.3) is 0 Å². The van der Waals surface area contributed by atoms with Crippen molar-refractivity contribution >= 4 is 29.2 Å². The van der Waals surface area contributed by atoms with E-state index in [0.717, 1.165) is 78.5 Å². The minimum Gasteiger partial charge on any atom is -0.459 e. The molecule has 2 aliphatic heterocycles. The highest BCUT2D eigenvalue weighted by molar-refractivity contribution is 5.93. The monoisotopic (exact) mass is 804 g/mol. The molecular weight excluding hydrogens is 745 g/mol. The molecule has 0 aliphatic carbocycles. The van der Waals surface area contributed by atoms with Crippen LogP contribution >= 0.6 is 0 Å². The zero-order valence-corrected chi connectivity index (χ0v) is 34.7. The number of amides is 2. The van der Waals surface area contributed by atoms with Crippen LogP contribution in [0.15, 0.2) is 97.1 Å². The molecule has 0 spiro atoms. The number of nitrogens with two attached hydrogens (primary N) is 1. The average molecular weight is 805 g/mol. The standard InChI is InChI=1S/C48H60N4O7/c1-48(2,3)59-46(56)42-17-12-28-52(42)31-38-29-43(35-22-20-33(32-53)21-23-35)58-47(57-38)36-26-24-34(25-27-36)39-14-9-8-13-37(39)30-50-44(54)18-6-4-5-7-19-45(55)51-41-16-11-10-15-40(41)49/h8-11,13-16,20-27,38,42-43,47,53H,4-7,12,17-19,28-32,49H2,1-3H3,(H,50,54)(H,51,55). The fourth-order valence-corrected chi connectivity index (χ4v) is 7.78. The summed E-state index contributed by atoms with van der Waals surface area (Å²) in [5, 5.41) is 15.6. The summed E-state index contributed by atoms with van der Waals surface area (Å²) in [6.07, 6.45) is 5.31. The molecule has 59 heavy (non-hydrogen) atoms. The van der Waals surface area contributed by atoms with Gasteiger partial charge in [-0.2, -0.15) is 0 Å². The Morgan fingerprint density at radius 2 is 1.51 bits per heavy atom. The number of likely N-dealkylation sites (tertiary alicyclic amines) is 1. The number of unbranched alkanes of at least 4 members (excludes halogenated alkanes) is 3. The summed E-state index contributed by atoms with van der Waals surface area (Å²) < 4.78 is 19.1. The van der Waals surface area contributed by atoms with Crippen molar-refractivity contribution in [1.29, 1.82) is 0 Å². The third-order valence-corrected chi connectivity index (χ3v) is 10.9. The number of benzene rings is 4. The van der Waals surface area contributed by atoms with Gasteiger partial charge in [0.05, 0.1) is 30.2 Å². The molecule has 4 unspecified atom stereocenters. The van der Waals surface area contributed by atoms with Crippen LogP contribution in [0.5, 0.6) is 0 Å². The van der Waals surface area contributed by atoms with Crippen molar-refractivity contribution in [2.45, 2.75) is 122 Å². The molecule has 11 nitrogen and oxygen atoms in total. The Balaban J connectivity index is 1.03. The molecule has 5 N–H and O–H groups in total. The number of anilines is 2. The zero-order chi connectivity index (χ0) is 41.8. The maximum atomic E-state index is 13.1. The Labute approximate surface area is 348 Å². The highest BCUT2D eigenvalue weighted by Crippen LogP contribution is 2.39. The molecule has 2 fully saturated rings. The zero-order valence-electron chi connectivity index (χ0n) is 34.7. The van der Waals surface area contributed by atoms with Crippen LogP contribution in [0.4, 0.5) is 11.4 Å². The summed E-state index contributed by atoms with van der Waals surface area (Å²) in [6.45, 7) is 7.45. The lowest BCUT2D eigenvalue weighted by Gasteiger charge is -2.38. The van der Waals surface area contributed by atoms with Crippen molar-refractivity contribution in [1.82, 2.24) is 10.2 Å². The number of ether oxygens (including phenoxy) is 3. The Morgan fingerprint density at radius 3 is 2.22 bits per heavy atom. The van der Waals surface area contributed by atoms with Crippen LogP contribution in [0.2, 0.25) is 0 Å². The second-order valence-electron chi connectivity index (χ2n) is 16.6. The van der Waals surface area contributed by atoms with Gasteiger partial charge in [0.2, 0.25) is 11.8 Å².